The molecule has 0 bridgehead atoms. The van der Waals surface area contributed by atoms with Gasteiger partial charge in [-0.2, -0.15) is 17.7 Å². The fourth-order valence-corrected chi connectivity index (χ4v) is 2.31. The van der Waals surface area contributed by atoms with E-state index in [4.69, 9.17) is 0 Å². The first-order chi connectivity index (χ1) is 12.1. The van der Waals surface area contributed by atoms with Crippen LogP contribution in [0.1, 0.15) is 29.8 Å². The summed E-state index contributed by atoms with van der Waals surface area (Å²) in [5.41, 5.74) is 1.62. The lowest BCUT2D eigenvalue weighted by Crippen LogP contribution is -2.30. The molecule has 134 valence electrons. The molecule has 3 N–H and O–H groups in total. The Kier molecular flexibility index (Phi) is 7.46. The van der Waals surface area contributed by atoms with E-state index >= 15 is 0 Å². The van der Waals surface area contributed by atoms with E-state index in [0.29, 0.717) is 43.1 Å². The van der Waals surface area contributed by atoms with Crippen molar-refractivity contribution in [3.8, 4) is 11.3 Å². The molecule has 2 amide bonds. The number of aromatic amines is 1. The SMILES string of the molecule is O=C(CCCS)NCCCNC(=O)c1cc(-c2ccc(F)cc2)n[nH]1. The summed E-state index contributed by atoms with van der Waals surface area (Å²) < 4.78 is 12.9. The molecule has 6 nitrogen and oxygen atoms in total. The number of carbonyl (C=O) groups excluding carboxylic acids is 2. The molecule has 0 unspecified atom stereocenters. The van der Waals surface area contributed by atoms with Crippen molar-refractivity contribution in [1.82, 2.24) is 20.8 Å². The highest BCUT2D eigenvalue weighted by atomic mass is 32.1. The van der Waals surface area contributed by atoms with E-state index in [-0.39, 0.29) is 17.6 Å². The summed E-state index contributed by atoms with van der Waals surface area (Å²) in [5.74, 6) is 0.0863. The number of rotatable bonds is 9. The zero-order valence-corrected chi connectivity index (χ0v) is 14.6. The lowest BCUT2D eigenvalue weighted by Gasteiger charge is -2.05. The summed E-state index contributed by atoms with van der Waals surface area (Å²) in [6.45, 7) is 0.950. The predicted molar refractivity (Wildman–Crippen MR) is 97.0 cm³/mol. The van der Waals surface area contributed by atoms with Crippen LogP contribution in [0.3, 0.4) is 0 Å². The number of H-pyrrole nitrogens is 1. The first kappa shape index (κ1) is 19.0. The molecule has 1 aromatic heterocycles. The van der Waals surface area contributed by atoms with Crippen LogP contribution in [-0.2, 0) is 4.79 Å². The maximum atomic E-state index is 12.9. The summed E-state index contributed by atoms with van der Waals surface area (Å²) in [4.78, 5) is 23.5. The van der Waals surface area contributed by atoms with Crippen molar-refractivity contribution in [2.45, 2.75) is 19.3 Å². The Morgan fingerprint density at radius 1 is 1.12 bits per heavy atom. The minimum absolute atomic E-state index is 0.00196. The summed E-state index contributed by atoms with van der Waals surface area (Å²) in [7, 11) is 0. The van der Waals surface area contributed by atoms with Crippen LogP contribution in [0, 0.1) is 5.82 Å². The van der Waals surface area contributed by atoms with Gasteiger partial charge in [0.1, 0.15) is 11.5 Å². The van der Waals surface area contributed by atoms with E-state index in [9.17, 15) is 14.0 Å². The molecule has 0 fully saturated rings. The molecule has 0 saturated carbocycles. The van der Waals surface area contributed by atoms with Crippen LogP contribution < -0.4 is 10.6 Å². The second-order valence-corrected chi connectivity index (χ2v) is 5.91. The monoisotopic (exact) mass is 364 g/mol. The third-order valence-electron chi connectivity index (χ3n) is 3.49. The first-order valence-electron chi connectivity index (χ1n) is 8.07. The molecule has 0 aliphatic rings. The molecular formula is C17H21FN4O2S. The summed E-state index contributed by atoms with van der Waals surface area (Å²) >= 11 is 4.05. The van der Waals surface area contributed by atoms with Gasteiger partial charge in [-0.3, -0.25) is 14.7 Å². The largest absolute Gasteiger partial charge is 0.356 e. The van der Waals surface area contributed by atoms with Gasteiger partial charge in [0.15, 0.2) is 0 Å². The van der Waals surface area contributed by atoms with Crippen molar-refractivity contribution in [1.29, 1.82) is 0 Å². The molecule has 0 aliphatic carbocycles. The van der Waals surface area contributed by atoms with Crippen LogP contribution in [0.5, 0.6) is 0 Å². The Morgan fingerprint density at radius 2 is 1.84 bits per heavy atom. The predicted octanol–water partition coefficient (Wildman–Crippen LogP) is 2.16. The molecule has 1 heterocycles. The van der Waals surface area contributed by atoms with Crippen molar-refractivity contribution >= 4 is 24.4 Å². The number of halogens is 1. The molecule has 2 rings (SSSR count). The fourth-order valence-electron chi connectivity index (χ4n) is 2.15. The summed E-state index contributed by atoms with van der Waals surface area (Å²) in [6.07, 6.45) is 1.86. The highest BCUT2D eigenvalue weighted by Gasteiger charge is 2.10. The lowest BCUT2D eigenvalue weighted by molar-refractivity contribution is -0.121. The van der Waals surface area contributed by atoms with Crippen LogP contribution in [0.4, 0.5) is 4.39 Å². The molecule has 8 heteroatoms. The molecule has 1 aromatic carbocycles. The van der Waals surface area contributed by atoms with Crippen LogP contribution in [0.25, 0.3) is 11.3 Å². The average Bonchev–Trinajstić information content (AvgIpc) is 3.10. The van der Waals surface area contributed by atoms with E-state index < -0.39 is 0 Å². The molecular weight excluding hydrogens is 343 g/mol. The van der Waals surface area contributed by atoms with Gasteiger partial charge in [0.2, 0.25) is 5.91 Å². The van der Waals surface area contributed by atoms with E-state index in [2.05, 4.69) is 33.5 Å². The summed E-state index contributed by atoms with van der Waals surface area (Å²) in [6, 6.07) is 7.50. The van der Waals surface area contributed by atoms with Crippen LogP contribution in [-0.4, -0.2) is 40.9 Å². The van der Waals surface area contributed by atoms with Crippen molar-refractivity contribution in [2.24, 2.45) is 0 Å². The van der Waals surface area contributed by atoms with Gasteiger partial charge in [0, 0.05) is 25.1 Å². The Balaban J connectivity index is 1.73. The van der Waals surface area contributed by atoms with Crippen molar-refractivity contribution in [3.63, 3.8) is 0 Å². The third-order valence-corrected chi connectivity index (χ3v) is 3.80. The number of amides is 2. The minimum Gasteiger partial charge on any atom is -0.356 e. The number of nitrogens with zero attached hydrogens (tertiary/aromatic N) is 1. The Bertz CT molecular complexity index is 703. The van der Waals surface area contributed by atoms with Gasteiger partial charge in [0.25, 0.3) is 5.91 Å². The number of hydrogen-bond donors (Lipinski definition) is 4. The Morgan fingerprint density at radius 3 is 2.56 bits per heavy atom. The minimum atomic E-state index is -0.324. The quantitative estimate of drug-likeness (QED) is 0.406. The van der Waals surface area contributed by atoms with Gasteiger partial charge in [0.05, 0.1) is 5.69 Å². The molecule has 25 heavy (non-hydrogen) atoms. The number of thiol groups is 1. The molecule has 0 radical (unpaired) electrons. The fraction of sp³-hybridized carbons (Fsp3) is 0.353. The number of benzene rings is 1. The van der Waals surface area contributed by atoms with Gasteiger partial charge in [-0.25, -0.2) is 4.39 Å². The molecule has 0 saturated heterocycles. The highest BCUT2D eigenvalue weighted by molar-refractivity contribution is 7.80. The van der Waals surface area contributed by atoms with Crippen molar-refractivity contribution in [3.05, 3.63) is 41.8 Å². The maximum absolute atomic E-state index is 12.9. The first-order valence-corrected chi connectivity index (χ1v) is 8.70. The summed E-state index contributed by atoms with van der Waals surface area (Å²) in [5, 5.41) is 12.3. The van der Waals surface area contributed by atoms with Gasteiger partial charge in [-0.05, 0) is 48.9 Å². The van der Waals surface area contributed by atoms with Gasteiger partial charge < -0.3 is 10.6 Å². The highest BCUT2D eigenvalue weighted by Crippen LogP contribution is 2.17. The smallest absolute Gasteiger partial charge is 0.269 e. The van der Waals surface area contributed by atoms with E-state index in [1.165, 1.54) is 12.1 Å². The molecule has 0 spiro atoms. The van der Waals surface area contributed by atoms with Gasteiger partial charge >= 0.3 is 0 Å². The van der Waals surface area contributed by atoms with Crippen LogP contribution >= 0.6 is 12.6 Å². The Hall–Kier alpha value is -2.35. The van der Waals surface area contributed by atoms with Gasteiger partial charge in [-0.15, -0.1) is 0 Å². The Labute approximate surface area is 151 Å². The number of carbonyl (C=O) groups is 2. The maximum Gasteiger partial charge on any atom is 0.269 e. The molecule has 0 aliphatic heterocycles. The number of nitrogens with one attached hydrogen (secondary N) is 3. The molecule has 2 aromatic rings. The number of aromatic nitrogens is 2. The van der Waals surface area contributed by atoms with Crippen LogP contribution in [0.2, 0.25) is 0 Å². The number of hydrogen-bond acceptors (Lipinski definition) is 4. The average molecular weight is 364 g/mol. The van der Waals surface area contributed by atoms with E-state index in [1.807, 2.05) is 0 Å². The van der Waals surface area contributed by atoms with Crippen molar-refractivity contribution < 1.29 is 14.0 Å². The third kappa shape index (κ3) is 6.22. The topological polar surface area (TPSA) is 86.9 Å². The van der Waals surface area contributed by atoms with Gasteiger partial charge in [-0.1, -0.05) is 0 Å². The van der Waals surface area contributed by atoms with E-state index in [1.54, 1.807) is 18.2 Å². The van der Waals surface area contributed by atoms with Crippen molar-refractivity contribution in [2.75, 3.05) is 18.8 Å². The standard InChI is InChI=1S/C17H21FN4O2S/c18-13-6-4-12(5-7-13)14-11-15(22-21-14)17(24)20-9-2-8-19-16(23)3-1-10-25/h4-7,11,25H,1-3,8-10H2,(H,19,23)(H,20,24)(H,21,22). The second-order valence-electron chi connectivity index (χ2n) is 5.46. The normalized spacial score (nSPS) is 10.5. The zero-order valence-electron chi connectivity index (χ0n) is 13.7. The lowest BCUT2D eigenvalue weighted by atomic mass is 10.1. The second kappa shape index (κ2) is 9.83. The zero-order chi connectivity index (χ0) is 18.1. The van der Waals surface area contributed by atoms with Crippen LogP contribution in [0.15, 0.2) is 30.3 Å². The van der Waals surface area contributed by atoms with E-state index in [0.717, 1.165) is 12.0 Å². The molecule has 0 atom stereocenters.